The van der Waals surface area contributed by atoms with Crippen molar-refractivity contribution in [3.8, 4) is 0 Å². The van der Waals surface area contributed by atoms with Gasteiger partial charge in [0, 0.05) is 30.4 Å². The molecule has 1 aliphatic heterocycles. The summed E-state index contributed by atoms with van der Waals surface area (Å²) in [5.74, 6) is 0.130. The van der Waals surface area contributed by atoms with Crippen molar-refractivity contribution < 1.29 is 14.3 Å². The van der Waals surface area contributed by atoms with E-state index in [1.54, 1.807) is 16.2 Å². The molecular weight excluding hydrogens is 312 g/mol. The van der Waals surface area contributed by atoms with Gasteiger partial charge in [-0.25, -0.2) is 4.79 Å². The Kier molecular flexibility index (Phi) is 7.39. The smallest absolute Gasteiger partial charge is 0.409 e. The molecule has 1 aromatic heterocycles. The van der Waals surface area contributed by atoms with Gasteiger partial charge in [0.2, 0.25) is 5.91 Å². The molecule has 1 aliphatic rings. The van der Waals surface area contributed by atoms with Crippen LogP contribution in [0.5, 0.6) is 0 Å². The molecule has 2 amide bonds. The summed E-state index contributed by atoms with van der Waals surface area (Å²) in [6.07, 6.45) is 4.98. The molecule has 0 spiro atoms. The summed E-state index contributed by atoms with van der Waals surface area (Å²) in [5.41, 5.74) is 0. The lowest BCUT2D eigenvalue weighted by atomic mass is 10.0. The number of nitrogens with zero attached hydrogens (tertiary/aromatic N) is 1. The van der Waals surface area contributed by atoms with E-state index in [9.17, 15) is 9.59 Å². The van der Waals surface area contributed by atoms with Crippen LogP contribution < -0.4 is 5.32 Å². The fourth-order valence-electron chi connectivity index (χ4n) is 2.76. The first-order valence-corrected chi connectivity index (χ1v) is 9.30. The fourth-order valence-corrected chi connectivity index (χ4v) is 3.51. The van der Waals surface area contributed by atoms with E-state index < -0.39 is 0 Å². The molecule has 23 heavy (non-hydrogen) atoms. The summed E-state index contributed by atoms with van der Waals surface area (Å²) >= 11 is 1.77. The summed E-state index contributed by atoms with van der Waals surface area (Å²) in [7, 11) is 0. The molecule has 2 heterocycles. The molecule has 2 rings (SSSR count). The van der Waals surface area contributed by atoms with Crippen molar-refractivity contribution >= 4 is 23.3 Å². The molecular formula is C17H26N2O3S. The van der Waals surface area contributed by atoms with Crippen molar-refractivity contribution in [1.82, 2.24) is 10.2 Å². The van der Waals surface area contributed by atoms with Crippen LogP contribution in [0.15, 0.2) is 17.5 Å². The van der Waals surface area contributed by atoms with Crippen molar-refractivity contribution in [3.05, 3.63) is 22.4 Å². The van der Waals surface area contributed by atoms with E-state index in [4.69, 9.17) is 4.74 Å². The highest BCUT2D eigenvalue weighted by Crippen LogP contribution is 2.14. The fraction of sp³-hybridized carbons (Fsp3) is 0.647. The van der Waals surface area contributed by atoms with Crippen molar-refractivity contribution in [1.29, 1.82) is 0 Å². The Morgan fingerprint density at radius 3 is 2.78 bits per heavy atom. The minimum absolute atomic E-state index is 0.130. The van der Waals surface area contributed by atoms with Gasteiger partial charge in [-0.05, 0) is 50.5 Å². The van der Waals surface area contributed by atoms with E-state index in [1.807, 2.05) is 6.92 Å². The highest BCUT2D eigenvalue weighted by molar-refractivity contribution is 7.09. The van der Waals surface area contributed by atoms with Gasteiger partial charge in [-0.2, -0.15) is 0 Å². The number of piperidine rings is 1. The molecule has 0 bridgehead atoms. The molecule has 0 saturated carbocycles. The molecule has 5 nitrogen and oxygen atoms in total. The Labute approximate surface area is 142 Å². The second-order valence-corrected chi connectivity index (χ2v) is 6.85. The molecule has 0 radical (unpaired) electrons. The first-order valence-electron chi connectivity index (χ1n) is 8.42. The van der Waals surface area contributed by atoms with Crippen molar-refractivity contribution in [3.63, 3.8) is 0 Å². The van der Waals surface area contributed by atoms with Crippen LogP contribution in [0.1, 0.15) is 43.9 Å². The lowest BCUT2D eigenvalue weighted by Gasteiger charge is -2.31. The maximum atomic E-state index is 12.0. The topological polar surface area (TPSA) is 58.6 Å². The highest BCUT2D eigenvalue weighted by atomic mass is 32.1. The summed E-state index contributed by atoms with van der Waals surface area (Å²) < 4.78 is 4.99. The molecule has 1 saturated heterocycles. The average molecular weight is 338 g/mol. The number of likely N-dealkylation sites (tertiary alicyclic amines) is 1. The van der Waals surface area contributed by atoms with Crippen molar-refractivity contribution in [2.45, 2.75) is 51.5 Å². The van der Waals surface area contributed by atoms with Crippen LogP contribution in [-0.4, -0.2) is 42.6 Å². The zero-order valence-electron chi connectivity index (χ0n) is 13.8. The Hall–Kier alpha value is -1.56. The molecule has 6 heteroatoms. The van der Waals surface area contributed by atoms with Crippen LogP contribution in [-0.2, 0) is 16.0 Å². The van der Waals surface area contributed by atoms with Crippen LogP contribution in [0.3, 0.4) is 0 Å². The Morgan fingerprint density at radius 1 is 1.35 bits per heavy atom. The molecule has 0 aliphatic carbocycles. The zero-order chi connectivity index (χ0) is 16.5. The van der Waals surface area contributed by atoms with Crippen LogP contribution in [0.4, 0.5) is 4.79 Å². The summed E-state index contributed by atoms with van der Waals surface area (Å²) in [4.78, 5) is 26.7. The van der Waals surface area contributed by atoms with Crippen LogP contribution in [0.2, 0.25) is 0 Å². The van der Waals surface area contributed by atoms with Crippen LogP contribution in [0, 0.1) is 0 Å². The van der Waals surface area contributed by atoms with E-state index in [0.717, 1.165) is 32.1 Å². The van der Waals surface area contributed by atoms with E-state index in [2.05, 4.69) is 22.8 Å². The van der Waals surface area contributed by atoms with Gasteiger partial charge in [0.15, 0.2) is 0 Å². The number of aryl methyl sites for hydroxylation is 1. The monoisotopic (exact) mass is 338 g/mol. The molecule has 0 unspecified atom stereocenters. The number of carbonyl (C=O) groups excluding carboxylic acids is 2. The van der Waals surface area contributed by atoms with E-state index in [-0.39, 0.29) is 18.0 Å². The van der Waals surface area contributed by atoms with Crippen molar-refractivity contribution in [2.75, 3.05) is 19.7 Å². The number of carbonyl (C=O) groups is 2. The summed E-state index contributed by atoms with van der Waals surface area (Å²) in [6, 6.07) is 4.39. The van der Waals surface area contributed by atoms with Gasteiger partial charge in [0.05, 0.1) is 6.61 Å². The predicted octanol–water partition coefficient (Wildman–Crippen LogP) is 3.20. The zero-order valence-corrected chi connectivity index (χ0v) is 14.6. The third-order valence-electron chi connectivity index (χ3n) is 4.04. The van der Waals surface area contributed by atoms with E-state index in [0.29, 0.717) is 26.1 Å². The second-order valence-electron chi connectivity index (χ2n) is 5.81. The van der Waals surface area contributed by atoms with Gasteiger partial charge < -0.3 is 15.0 Å². The van der Waals surface area contributed by atoms with Crippen LogP contribution >= 0.6 is 11.3 Å². The minimum atomic E-state index is -0.245. The maximum absolute atomic E-state index is 12.0. The van der Waals surface area contributed by atoms with Gasteiger partial charge in [-0.15, -0.1) is 11.3 Å². The molecule has 1 fully saturated rings. The molecule has 128 valence electrons. The largest absolute Gasteiger partial charge is 0.450 e. The summed E-state index contributed by atoms with van der Waals surface area (Å²) in [6.45, 7) is 3.52. The minimum Gasteiger partial charge on any atom is -0.450 e. The van der Waals surface area contributed by atoms with Crippen LogP contribution in [0.25, 0.3) is 0 Å². The molecule has 1 aromatic rings. The first kappa shape index (κ1) is 17.8. The lowest BCUT2D eigenvalue weighted by Crippen LogP contribution is -2.46. The third kappa shape index (κ3) is 6.22. The Balaban J connectivity index is 1.56. The third-order valence-corrected chi connectivity index (χ3v) is 4.98. The molecule has 0 aromatic carbocycles. The number of nitrogens with one attached hydrogen (secondary N) is 1. The number of amides is 2. The summed E-state index contributed by atoms with van der Waals surface area (Å²) in [5, 5.41) is 5.18. The number of rotatable bonds is 7. The SMILES string of the molecule is CCOC(=O)N1CCC(NC(=O)CCCCc2cccs2)CC1. The van der Waals surface area contributed by atoms with Gasteiger partial charge in [0.25, 0.3) is 0 Å². The van der Waals surface area contributed by atoms with Gasteiger partial charge in [-0.3, -0.25) is 4.79 Å². The van der Waals surface area contributed by atoms with E-state index in [1.165, 1.54) is 4.88 Å². The average Bonchev–Trinajstić information content (AvgIpc) is 3.06. The first-order chi connectivity index (χ1) is 11.2. The van der Waals surface area contributed by atoms with Gasteiger partial charge in [-0.1, -0.05) is 6.07 Å². The maximum Gasteiger partial charge on any atom is 0.409 e. The normalized spacial score (nSPS) is 15.4. The standard InChI is InChI=1S/C17H26N2O3S/c1-2-22-17(21)19-11-9-14(10-12-19)18-16(20)8-4-3-6-15-7-5-13-23-15/h5,7,13-14H,2-4,6,8-12H2,1H3,(H,18,20). The van der Waals surface area contributed by atoms with Gasteiger partial charge in [0.1, 0.15) is 0 Å². The highest BCUT2D eigenvalue weighted by Gasteiger charge is 2.24. The predicted molar refractivity (Wildman–Crippen MR) is 91.6 cm³/mol. The molecule has 1 N–H and O–H groups in total. The number of unbranched alkanes of at least 4 members (excludes halogenated alkanes) is 1. The molecule has 0 atom stereocenters. The van der Waals surface area contributed by atoms with Crippen molar-refractivity contribution in [2.24, 2.45) is 0 Å². The quantitative estimate of drug-likeness (QED) is 0.777. The lowest BCUT2D eigenvalue weighted by molar-refractivity contribution is -0.122. The number of thiophene rings is 1. The number of hydrogen-bond acceptors (Lipinski definition) is 4. The second kappa shape index (κ2) is 9.55. The Bertz CT molecular complexity index is 482. The Morgan fingerprint density at radius 2 is 2.13 bits per heavy atom. The van der Waals surface area contributed by atoms with Gasteiger partial charge >= 0.3 is 6.09 Å². The number of hydrogen-bond donors (Lipinski definition) is 1. The number of ether oxygens (including phenoxy) is 1. The van der Waals surface area contributed by atoms with E-state index >= 15 is 0 Å².